The van der Waals surface area contributed by atoms with Gasteiger partial charge in [0, 0.05) is 69.2 Å². The Morgan fingerprint density at radius 1 is 1.29 bits per heavy atom. The number of methoxy groups -OCH3 is 1. The average Bonchev–Trinajstić information content (AvgIpc) is 3.51. The Bertz CT molecular complexity index is 1460. The van der Waals surface area contributed by atoms with Crippen LogP contribution in [0.1, 0.15) is 36.0 Å². The summed E-state index contributed by atoms with van der Waals surface area (Å²) < 4.78 is 19.2. The number of aliphatic carboxylic acids is 1. The standard InChI is InChI=1S/C29H33FN6O5S/c1-6-18-15-19(30)7-8-20(18)23-22(26(37)41-5)21(32-24(33-23)25-31-9-14-42-25)16-35-10-12-36(13-11-35)28(40)34(4)17-29(2,3)27(38)39/h1,7-9,14-15,23H,10-13,16-17H2,2-5H3,(H,32,33)(H,38,39). The van der Waals surface area contributed by atoms with Crippen molar-refractivity contribution in [2.75, 3.05) is 53.4 Å². The number of piperazine rings is 1. The predicted molar refractivity (Wildman–Crippen MR) is 155 cm³/mol. The van der Waals surface area contributed by atoms with Crippen LogP contribution < -0.4 is 5.32 Å². The van der Waals surface area contributed by atoms with Gasteiger partial charge in [-0.2, -0.15) is 0 Å². The SMILES string of the molecule is C#Cc1cc(F)ccc1C1N=C(c2nccs2)NC(CN2CCN(C(=O)N(C)CC(C)(C)C(=O)O)CC2)=C1C(=O)OC. The largest absolute Gasteiger partial charge is 0.481 e. The number of nitrogens with zero attached hydrogens (tertiary/aromatic N) is 5. The summed E-state index contributed by atoms with van der Waals surface area (Å²) in [6.07, 6.45) is 7.35. The second kappa shape index (κ2) is 12.7. The van der Waals surface area contributed by atoms with Gasteiger partial charge in [0.15, 0.2) is 10.8 Å². The number of amidine groups is 1. The van der Waals surface area contributed by atoms with Crippen LogP contribution in [0.5, 0.6) is 0 Å². The Balaban J connectivity index is 1.59. The van der Waals surface area contributed by atoms with Crippen molar-refractivity contribution in [2.24, 2.45) is 10.4 Å². The molecule has 2 amide bonds. The van der Waals surface area contributed by atoms with Crippen LogP contribution in [-0.2, 0) is 14.3 Å². The molecule has 4 rings (SSSR count). The van der Waals surface area contributed by atoms with Gasteiger partial charge in [0.05, 0.1) is 18.1 Å². The van der Waals surface area contributed by atoms with Crippen molar-refractivity contribution in [1.29, 1.82) is 0 Å². The quantitative estimate of drug-likeness (QED) is 0.352. The summed E-state index contributed by atoms with van der Waals surface area (Å²) in [5, 5.41) is 15.1. The number of nitrogens with one attached hydrogen (secondary N) is 1. The molecule has 2 aliphatic heterocycles. The molecule has 2 aliphatic rings. The lowest BCUT2D eigenvalue weighted by molar-refractivity contribution is -0.147. The molecule has 222 valence electrons. The Morgan fingerprint density at radius 3 is 2.60 bits per heavy atom. The summed E-state index contributed by atoms with van der Waals surface area (Å²) in [5.74, 6) is 0.864. The average molecular weight is 597 g/mol. The maximum absolute atomic E-state index is 14.0. The maximum atomic E-state index is 14.0. The number of benzene rings is 1. The van der Waals surface area contributed by atoms with E-state index in [9.17, 15) is 23.9 Å². The first-order chi connectivity index (χ1) is 19.9. The molecule has 1 atom stereocenters. The highest BCUT2D eigenvalue weighted by molar-refractivity contribution is 7.11. The van der Waals surface area contributed by atoms with Gasteiger partial charge >= 0.3 is 18.0 Å². The number of aliphatic imine (C=N–C) groups is 1. The predicted octanol–water partition coefficient (Wildman–Crippen LogP) is 2.56. The Hall–Kier alpha value is -4.28. The van der Waals surface area contributed by atoms with E-state index < -0.39 is 29.2 Å². The molecule has 11 nitrogen and oxygen atoms in total. The third-order valence-corrected chi connectivity index (χ3v) is 7.97. The maximum Gasteiger partial charge on any atom is 0.338 e. The summed E-state index contributed by atoms with van der Waals surface area (Å²) >= 11 is 1.37. The van der Waals surface area contributed by atoms with E-state index >= 15 is 0 Å². The fraction of sp³-hybridized carbons (Fsp3) is 0.414. The monoisotopic (exact) mass is 596 g/mol. The van der Waals surface area contributed by atoms with Crippen molar-refractivity contribution >= 4 is 35.1 Å². The van der Waals surface area contributed by atoms with Crippen LogP contribution in [0, 0.1) is 23.6 Å². The molecule has 1 fully saturated rings. The minimum absolute atomic E-state index is 0.0734. The zero-order valence-corrected chi connectivity index (χ0v) is 24.7. The number of hydrogen-bond donors (Lipinski definition) is 2. The molecule has 1 aromatic carbocycles. The zero-order valence-electron chi connectivity index (χ0n) is 23.9. The number of carboxylic acid groups (broad SMARTS) is 1. The summed E-state index contributed by atoms with van der Waals surface area (Å²) in [6, 6.07) is 2.92. The molecule has 42 heavy (non-hydrogen) atoms. The summed E-state index contributed by atoms with van der Waals surface area (Å²) in [5.41, 5.74) is 0.462. The van der Waals surface area contributed by atoms with Crippen LogP contribution >= 0.6 is 11.3 Å². The molecule has 13 heteroatoms. The number of carbonyl (C=O) groups excluding carboxylic acids is 2. The fourth-order valence-corrected chi connectivity index (χ4v) is 5.51. The number of aromatic nitrogens is 1. The Kier molecular flexibility index (Phi) is 9.28. The van der Waals surface area contributed by atoms with Gasteiger partial charge in [0.2, 0.25) is 0 Å². The van der Waals surface area contributed by atoms with Gasteiger partial charge in [-0.05, 0) is 31.5 Å². The lowest BCUT2D eigenvalue weighted by Gasteiger charge is -2.38. The van der Waals surface area contributed by atoms with E-state index in [4.69, 9.17) is 16.2 Å². The number of esters is 1. The van der Waals surface area contributed by atoms with E-state index in [0.29, 0.717) is 54.8 Å². The smallest absolute Gasteiger partial charge is 0.338 e. The molecule has 1 unspecified atom stereocenters. The minimum atomic E-state index is -1.08. The zero-order chi connectivity index (χ0) is 30.6. The molecule has 1 aromatic heterocycles. The molecule has 0 aliphatic carbocycles. The number of terminal acetylenes is 1. The van der Waals surface area contributed by atoms with Gasteiger partial charge in [-0.3, -0.25) is 14.7 Å². The van der Waals surface area contributed by atoms with Crippen molar-refractivity contribution in [1.82, 2.24) is 25.0 Å². The number of thiazole rings is 1. The normalized spacial score (nSPS) is 17.7. The Morgan fingerprint density at radius 2 is 2.00 bits per heavy atom. The first-order valence-electron chi connectivity index (χ1n) is 13.2. The minimum Gasteiger partial charge on any atom is -0.481 e. The molecule has 0 spiro atoms. The van der Waals surface area contributed by atoms with Crippen molar-refractivity contribution in [3.63, 3.8) is 0 Å². The van der Waals surface area contributed by atoms with E-state index in [1.54, 1.807) is 32.0 Å². The summed E-state index contributed by atoms with van der Waals surface area (Å²) in [6.45, 7) is 5.36. The van der Waals surface area contributed by atoms with E-state index in [2.05, 4.69) is 21.1 Å². The molecule has 1 saturated heterocycles. The highest BCUT2D eigenvalue weighted by atomic mass is 32.1. The highest BCUT2D eigenvalue weighted by Crippen LogP contribution is 2.35. The van der Waals surface area contributed by atoms with Gasteiger partial charge in [0.1, 0.15) is 11.9 Å². The van der Waals surface area contributed by atoms with Gasteiger partial charge in [-0.1, -0.05) is 12.0 Å². The van der Waals surface area contributed by atoms with Crippen molar-refractivity contribution < 1.29 is 28.6 Å². The Labute approximate surface area is 247 Å². The van der Waals surface area contributed by atoms with E-state index in [1.807, 2.05) is 5.38 Å². The van der Waals surface area contributed by atoms with Crippen LogP contribution in [0.4, 0.5) is 9.18 Å². The summed E-state index contributed by atoms with van der Waals surface area (Å²) in [7, 11) is 2.88. The van der Waals surface area contributed by atoms with Crippen LogP contribution in [0.15, 0.2) is 46.0 Å². The lowest BCUT2D eigenvalue weighted by atomic mass is 9.92. The number of urea groups is 1. The molecular weight excluding hydrogens is 563 g/mol. The number of halogens is 1. The molecule has 2 N–H and O–H groups in total. The molecule has 0 bridgehead atoms. The number of amides is 2. The van der Waals surface area contributed by atoms with Gasteiger partial charge < -0.3 is 25.0 Å². The van der Waals surface area contributed by atoms with Gasteiger partial charge in [-0.25, -0.2) is 19.0 Å². The molecular formula is C29H33FN6O5S. The number of carbonyl (C=O) groups is 3. The van der Waals surface area contributed by atoms with Gasteiger partial charge in [-0.15, -0.1) is 17.8 Å². The second-order valence-electron chi connectivity index (χ2n) is 10.7. The van der Waals surface area contributed by atoms with Crippen LogP contribution in [0.2, 0.25) is 0 Å². The van der Waals surface area contributed by atoms with Crippen LogP contribution in [0.25, 0.3) is 0 Å². The first kappa shape index (κ1) is 30.7. The van der Waals surface area contributed by atoms with Crippen molar-refractivity contribution in [3.05, 3.63) is 63.0 Å². The lowest BCUT2D eigenvalue weighted by Crippen LogP contribution is -2.54. The number of rotatable bonds is 8. The van der Waals surface area contributed by atoms with E-state index in [0.717, 1.165) is 0 Å². The van der Waals surface area contributed by atoms with Gasteiger partial charge in [0.25, 0.3) is 0 Å². The first-order valence-corrected chi connectivity index (χ1v) is 14.1. The number of hydrogen-bond acceptors (Lipinski definition) is 9. The molecule has 2 aromatic rings. The molecule has 0 saturated carbocycles. The fourth-order valence-electron chi connectivity index (χ4n) is 4.93. The van der Waals surface area contributed by atoms with Crippen molar-refractivity contribution in [2.45, 2.75) is 19.9 Å². The van der Waals surface area contributed by atoms with Crippen LogP contribution in [-0.4, -0.2) is 102 Å². The third kappa shape index (κ3) is 6.61. The summed E-state index contributed by atoms with van der Waals surface area (Å²) in [4.78, 5) is 52.1. The van der Waals surface area contributed by atoms with Crippen LogP contribution in [0.3, 0.4) is 0 Å². The highest BCUT2D eigenvalue weighted by Gasteiger charge is 2.36. The number of ether oxygens (including phenoxy) is 1. The van der Waals surface area contributed by atoms with E-state index in [-0.39, 0.29) is 23.7 Å². The van der Waals surface area contributed by atoms with Crippen molar-refractivity contribution in [3.8, 4) is 12.3 Å². The molecule has 3 heterocycles. The molecule has 0 radical (unpaired) electrons. The second-order valence-corrected chi connectivity index (χ2v) is 11.6. The van der Waals surface area contributed by atoms with E-state index in [1.165, 1.54) is 41.5 Å². The number of carboxylic acids is 1. The third-order valence-electron chi connectivity index (χ3n) is 7.19. The topological polar surface area (TPSA) is 128 Å².